The van der Waals surface area contributed by atoms with E-state index >= 15 is 0 Å². The van der Waals surface area contributed by atoms with Crippen molar-refractivity contribution in [2.75, 3.05) is 0 Å². The fourth-order valence-corrected chi connectivity index (χ4v) is 5.41. The average molecular weight is 678 g/mol. The van der Waals surface area contributed by atoms with Crippen LogP contribution in [-0.2, 0) is 16.0 Å². The summed E-state index contributed by atoms with van der Waals surface area (Å²) in [6, 6.07) is 27.7. The predicted molar refractivity (Wildman–Crippen MR) is 182 cm³/mol. The predicted octanol–water partition coefficient (Wildman–Crippen LogP) is 11.3. The number of fused-ring (bicyclic) bond motifs is 1. The van der Waals surface area contributed by atoms with E-state index in [4.69, 9.17) is 53.8 Å². The molecule has 0 fully saturated rings. The van der Waals surface area contributed by atoms with Crippen molar-refractivity contribution >= 4 is 57.5 Å². The molecule has 0 radical (unpaired) electrons. The van der Waals surface area contributed by atoms with Crippen LogP contribution < -0.4 is 18.9 Å². The second-order valence-corrected chi connectivity index (χ2v) is 12.5. The van der Waals surface area contributed by atoms with Gasteiger partial charge < -0.3 is 18.9 Å². The highest BCUT2D eigenvalue weighted by atomic mass is 35.5. The highest BCUT2D eigenvalue weighted by Gasteiger charge is 2.34. The summed E-state index contributed by atoms with van der Waals surface area (Å²) in [4.78, 5) is 27.2. The molecular weight excluding hydrogens is 647 g/mol. The van der Waals surface area contributed by atoms with Gasteiger partial charge in [0.25, 0.3) is 0 Å². The van der Waals surface area contributed by atoms with Crippen LogP contribution in [-0.4, -0.2) is 11.9 Å². The maximum absolute atomic E-state index is 13.7. The average Bonchev–Trinajstić information content (AvgIpc) is 3.02. The summed E-state index contributed by atoms with van der Waals surface area (Å²) in [5.74, 6) is -0.683. The van der Waals surface area contributed by atoms with Gasteiger partial charge in [-0.3, -0.25) is 9.59 Å². The highest BCUT2D eigenvalue weighted by Crippen LogP contribution is 2.55. The number of carbonyl (C=O) groups excluding carboxylic acids is 2. The fraction of sp³-hybridized carbons (Fsp3) is 0.189. The van der Waals surface area contributed by atoms with Gasteiger partial charge in [-0.25, -0.2) is 0 Å². The van der Waals surface area contributed by atoms with Gasteiger partial charge in [0, 0.05) is 15.8 Å². The van der Waals surface area contributed by atoms with E-state index in [0.29, 0.717) is 22.2 Å². The monoisotopic (exact) mass is 676 g/mol. The van der Waals surface area contributed by atoms with Gasteiger partial charge in [0.1, 0.15) is 11.5 Å². The van der Waals surface area contributed by atoms with Crippen molar-refractivity contribution < 1.29 is 28.5 Å². The first kappa shape index (κ1) is 33.1. The van der Waals surface area contributed by atoms with Gasteiger partial charge in [-0.1, -0.05) is 103 Å². The fourth-order valence-electron chi connectivity index (χ4n) is 4.89. The summed E-state index contributed by atoms with van der Waals surface area (Å²) in [6.45, 7) is 5.61. The van der Waals surface area contributed by atoms with Crippen molar-refractivity contribution in [1.29, 1.82) is 0 Å². The summed E-state index contributed by atoms with van der Waals surface area (Å²) in [6.07, 6.45) is 1.31. The van der Waals surface area contributed by atoms with Crippen molar-refractivity contribution in [3.63, 3.8) is 0 Å². The summed E-state index contributed by atoms with van der Waals surface area (Å²) in [5, 5.41) is 1.65. The van der Waals surface area contributed by atoms with Crippen LogP contribution in [0.1, 0.15) is 39.2 Å². The standard InChI is InChI=1S/C37H31Cl3O6/c1-4-20-37(2,3)36(42)46-33-26-22-24(38)18-19-25(26)32(45-31(41)21-23-12-6-5-7-13-23)34(43-29-16-10-8-14-27(29)39)35(33)44-30-17-11-9-15-28(30)40/h5-19,22H,4,20-21H2,1-3H3. The summed E-state index contributed by atoms with van der Waals surface area (Å²) >= 11 is 19.6. The number of ether oxygens (including phenoxy) is 4. The van der Waals surface area contributed by atoms with Crippen molar-refractivity contribution in [3.8, 4) is 34.5 Å². The Labute approximate surface area is 282 Å². The zero-order valence-electron chi connectivity index (χ0n) is 25.4. The summed E-state index contributed by atoms with van der Waals surface area (Å²) in [7, 11) is 0. The van der Waals surface area contributed by atoms with Crippen LogP contribution in [0.5, 0.6) is 34.5 Å². The Morgan fingerprint density at radius 2 is 1.20 bits per heavy atom. The Bertz CT molecular complexity index is 1890. The van der Waals surface area contributed by atoms with Crippen LogP contribution in [0.2, 0.25) is 15.1 Å². The minimum Gasteiger partial charge on any atom is -0.448 e. The lowest BCUT2D eigenvalue weighted by Crippen LogP contribution is -2.29. The number of carbonyl (C=O) groups is 2. The number of hydrogen-bond donors (Lipinski definition) is 0. The molecule has 9 heteroatoms. The molecule has 0 bridgehead atoms. The van der Waals surface area contributed by atoms with E-state index in [1.54, 1.807) is 66.7 Å². The molecule has 0 heterocycles. The van der Waals surface area contributed by atoms with Crippen LogP contribution in [0.4, 0.5) is 0 Å². The molecule has 0 aliphatic rings. The Morgan fingerprint density at radius 1 is 0.652 bits per heavy atom. The van der Waals surface area contributed by atoms with E-state index in [-0.39, 0.29) is 51.0 Å². The Balaban J connectivity index is 1.80. The molecule has 0 N–H and O–H groups in total. The topological polar surface area (TPSA) is 71.1 Å². The molecule has 0 unspecified atom stereocenters. The first-order valence-electron chi connectivity index (χ1n) is 14.7. The number of rotatable bonds is 11. The lowest BCUT2D eigenvalue weighted by molar-refractivity contribution is -0.144. The zero-order chi connectivity index (χ0) is 32.8. The quantitative estimate of drug-likeness (QED) is 0.102. The van der Waals surface area contributed by atoms with Gasteiger partial charge in [0.2, 0.25) is 11.5 Å². The van der Waals surface area contributed by atoms with Crippen molar-refractivity contribution in [1.82, 2.24) is 0 Å². The lowest BCUT2D eigenvalue weighted by atomic mass is 9.88. The number of halogens is 3. The minimum absolute atomic E-state index is 0.0107. The molecule has 5 aromatic carbocycles. The number of benzene rings is 5. The van der Waals surface area contributed by atoms with Gasteiger partial charge in [0.05, 0.1) is 21.9 Å². The number of esters is 2. The minimum atomic E-state index is -0.841. The molecule has 46 heavy (non-hydrogen) atoms. The highest BCUT2D eigenvalue weighted by molar-refractivity contribution is 6.32. The third kappa shape index (κ3) is 7.59. The van der Waals surface area contributed by atoms with Gasteiger partial charge in [-0.05, 0) is 68.3 Å². The summed E-state index contributed by atoms with van der Waals surface area (Å²) in [5.41, 5.74) is -0.0871. The van der Waals surface area contributed by atoms with E-state index in [2.05, 4.69) is 0 Å². The molecule has 0 atom stereocenters. The van der Waals surface area contributed by atoms with Crippen LogP contribution in [0.25, 0.3) is 10.8 Å². The molecule has 6 nitrogen and oxygen atoms in total. The maximum atomic E-state index is 13.7. The Kier molecular flexibility index (Phi) is 10.4. The smallest absolute Gasteiger partial charge is 0.317 e. The molecule has 236 valence electrons. The molecule has 5 aromatic rings. The molecule has 0 saturated carbocycles. The van der Waals surface area contributed by atoms with E-state index in [9.17, 15) is 9.59 Å². The molecule has 0 aliphatic carbocycles. The van der Waals surface area contributed by atoms with Crippen LogP contribution in [0.15, 0.2) is 97.1 Å². The van der Waals surface area contributed by atoms with Crippen molar-refractivity contribution in [3.05, 3.63) is 118 Å². The number of hydrogen-bond acceptors (Lipinski definition) is 6. The van der Waals surface area contributed by atoms with Crippen LogP contribution in [0, 0.1) is 5.41 Å². The van der Waals surface area contributed by atoms with Crippen molar-refractivity contribution in [2.24, 2.45) is 5.41 Å². The third-order valence-corrected chi connectivity index (χ3v) is 8.08. The number of para-hydroxylation sites is 2. The molecule has 0 saturated heterocycles. The zero-order valence-corrected chi connectivity index (χ0v) is 27.7. The van der Waals surface area contributed by atoms with E-state index in [0.717, 1.165) is 12.0 Å². The molecule has 0 spiro atoms. The van der Waals surface area contributed by atoms with Gasteiger partial charge in [0.15, 0.2) is 11.5 Å². The molecule has 0 amide bonds. The van der Waals surface area contributed by atoms with E-state index in [1.807, 2.05) is 51.1 Å². The Hall–Kier alpha value is -4.23. The molecule has 0 aliphatic heterocycles. The van der Waals surface area contributed by atoms with Gasteiger partial charge in [-0.2, -0.15) is 0 Å². The second kappa shape index (κ2) is 14.5. The molecule has 5 rings (SSSR count). The molecule has 0 aromatic heterocycles. The van der Waals surface area contributed by atoms with Gasteiger partial charge >= 0.3 is 11.9 Å². The van der Waals surface area contributed by atoms with Crippen molar-refractivity contribution in [2.45, 2.75) is 40.0 Å². The first-order valence-corrected chi connectivity index (χ1v) is 15.8. The summed E-state index contributed by atoms with van der Waals surface area (Å²) < 4.78 is 25.1. The second-order valence-electron chi connectivity index (χ2n) is 11.2. The van der Waals surface area contributed by atoms with E-state index in [1.165, 1.54) is 0 Å². The third-order valence-electron chi connectivity index (χ3n) is 7.22. The maximum Gasteiger partial charge on any atom is 0.317 e. The van der Waals surface area contributed by atoms with Crippen LogP contribution in [0.3, 0.4) is 0 Å². The lowest BCUT2D eigenvalue weighted by Gasteiger charge is -2.25. The normalized spacial score (nSPS) is 11.3. The SMILES string of the molecule is CCCC(C)(C)C(=O)Oc1c(Oc2ccccc2Cl)c(Oc2ccccc2Cl)c(OC(=O)Cc2ccccc2)c2ccc(Cl)cc12. The molecular formula is C37H31Cl3O6. The van der Waals surface area contributed by atoms with E-state index < -0.39 is 17.4 Å². The van der Waals surface area contributed by atoms with Gasteiger partial charge in [-0.15, -0.1) is 0 Å². The first-order chi connectivity index (χ1) is 22.1. The Morgan fingerprint density at radius 3 is 1.76 bits per heavy atom. The largest absolute Gasteiger partial charge is 0.448 e. The van der Waals surface area contributed by atoms with Crippen LogP contribution >= 0.6 is 34.8 Å².